The maximum absolute atomic E-state index is 13.6. The van der Waals surface area contributed by atoms with E-state index in [9.17, 15) is 13.2 Å². The average molecular weight is 393 g/mol. The van der Waals surface area contributed by atoms with Crippen molar-refractivity contribution in [3.63, 3.8) is 0 Å². The summed E-state index contributed by atoms with van der Waals surface area (Å²) in [7, 11) is -3.75. The van der Waals surface area contributed by atoms with E-state index >= 15 is 0 Å². The third-order valence-electron chi connectivity index (χ3n) is 6.46. The van der Waals surface area contributed by atoms with Crippen molar-refractivity contribution in [1.29, 1.82) is 0 Å². The molecule has 0 spiro atoms. The van der Waals surface area contributed by atoms with Crippen LogP contribution in [-0.2, 0) is 14.6 Å². The zero-order valence-electron chi connectivity index (χ0n) is 16.7. The summed E-state index contributed by atoms with van der Waals surface area (Å²) in [4.78, 5) is 13.6. The fourth-order valence-electron chi connectivity index (χ4n) is 4.43. The van der Waals surface area contributed by atoms with E-state index in [1.54, 1.807) is 6.07 Å². The van der Waals surface area contributed by atoms with Crippen LogP contribution in [0, 0.1) is 19.3 Å². The highest BCUT2D eigenvalue weighted by molar-refractivity contribution is 7.93. The number of carbonyl (C=O) groups excluding carboxylic acids is 1. The first-order valence-corrected chi connectivity index (χ1v) is 11.5. The molecule has 6 heteroatoms. The van der Waals surface area contributed by atoms with E-state index in [0.717, 1.165) is 44.3 Å². The molecule has 3 rings (SSSR count). The smallest absolute Gasteiger partial charge is 0.241 e. The van der Waals surface area contributed by atoms with Gasteiger partial charge in [0.2, 0.25) is 5.91 Å². The van der Waals surface area contributed by atoms with E-state index < -0.39 is 14.6 Å². The van der Waals surface area contributed by atoms with Crippen LogP contribution in [0.25, 0.3) is 0 Å². The molecule has 0 atom stereocenters. The van der Waals surface area contributed by atoms with Crippen LogP contribution in [0.5, 0.6) is 0 Å². The van der Waals surface area contributed by atoms with Crippen molar-refractivity contribution in [2.24, 2.45) is 5.41 Å². The van der Waals surface area contributed by atoms with Crippen molar-refractivity contribution in [3.8, 4) is 0 Å². The van der Waals surface area contributed by atoms with Crippen LogP contribution in [0.4, 0.5) is 0 Å². The fourth-order valence-corrected chi connectivity index (χ4v) is 6.83. The minimum atomic E-state index is -3.75. The zero-order valence-corrected chi connectivity index (χ0v) is 17.5. The Balaban J connectivity index is 1.88. The molecule has 2 fully saturated rings. The molecule has 1 aliphatic carbocycles. The molecule has 5 nitrogen and oxygen atoms in total. The number of hydrogen-bond acceptors (Lipinski definition) is 4. The van der Waals surface area contributed by atoms with Crippen molar-refractivity contribution in [3.05, 3.63) is 29.3 Å². The topological polar surface area (TPSA) is 75.3 Å². The van der Waals surface area contributed by atoms with E-state index in [0.29, 0.717) is 29.8 Å². The summed E-state index contributed by atoms with van der Waals surface area (Å²) in [5.41, 5.74) is 1.64. The van der Waals surface area contributed by atoms with Gasteiger partial charge in [-0.15, -0.1) is 0 Å². The van der Waals surface area contributed by atoms with Crippen molar-refractivity contribution < 1.29 is 13.2 Å². The molecule has 1 amide bonds. The maximum Gasteiger partial charge on any atom is 0.241 e. The van der Waals surface area contributed by atoms with E-state index in [4.69, 9.17) is 0 Å². The molecule has 0 aromatic heterocycles. The summed E-state index contributed by atoms with van der Waals surface area (Å²) in [6, 6.07) is 5.46. The predicted molar refractivity (Wildman–Crippen MR) is 108 cm³/mol. The molecular formula is C21H32N2O3S. The van der Waals surface area contributed by atoms with Crippen LogP contribution in [0.1, 0.15) is 56.6 Å². The minimum Gasteiger partial charge on any atom is -0.354 e. The number of carbonyl (C=O) groups is 1. The second-order valence-corrected chi connectivity index (χ2v) is 10.9. The van der Waals surface area contributed by atoms with Gasteiger partial charge in [0.05, 0.1) is 4.90 Å². The molecule has 1 aromatic rings. The minimum absolute atomic E-state index is 0.0315. The Hall–Kier alpha value is -1.40. The number of amides is 1. The third-order valence-corrected chi connectivity index (χ3v) is 9.10. The Kier molecular flexibility index (Phi) is 5.69. The summed E-state index contributed by atoms with van der Waals surface area (Å²) < 4.78 is 25.9. The number of sulfone groups is 1. The van der Waals surface area contributed by atoms with Gasteiger partial charge in [-0.3, -0.25) is 4.79 Å². The van der Waals surface area contributed by atoms with Gasteiger partial charge < -0.3 is 10.6 Å². The first kappa shape index (κ1) is 20.3. The zero-order chi connectivity index (χ0) is 19.7. The summed E-state index contributed by atoms with van der Waals surface area (Å²) in [6.07, 6.45) is 4.35. The lowest BCUT2D eigenvalue weighted by Crippen LogP contribution is -2.53. The predicted octanol–water partition coefficient (Wildman–Crippen LogP) is 2.90. The van der Waals surface area contributed by atoms with Crippen molar-refractivity contribution in [2.45, 2.75) is 68.9 Å². The van der Waals surface area contributed by atoms with Gasteiger partial charge in [-0.25, -0.2) is 8.42 Å². The molecule has 1 aromatic carbocycles. The fraction of sp³-hybridized carbons (Fsp3) is 0.667. The van der Waals surface area contributed by atoms with Crippen LogP contribution in [0.2, 0.25) is 0 Å². The van der Waals surface area contributed by atoms with Gasteiger partial charge in [-0.05, 0) is 75.2 Å². The quantitative estimate of drug-likeness (QED) is 0.808. The molecule has 0 bridgehead atoms. The van der Waals surface area contributed by atoms with Crippen molar-refractivity contribution >= 4 is 15.7 Å². The lowest BCUT2D eigenvalue weighted by atomic mass is 9.81. The molecular weight excluding hydrogens is 360 g/mol. The van der Waals surface area contributed by atoms with Crippen LogP contribution in [-0.4, -0.2) is 38.7 Å². The Labute approximate surface area is 163 Å². The second kappa shape index (κ2) is 7.55. The van der Waals surface area contributed by atoms with Gasteiger partial charge in [0, 0.05) is 6.54 Å². The highest BCUT2D eigenvalue weighted by atomic mass is 32.2. The standard InChI is InChI=1S/C21H32N2O3S/c1-16-6-7-17(2)18(14-16)27(25,26)21(8-4-5-9-21)19(24)23-15-20(3)10-12-22-13-11-20/h6-7,14,22H,4-5,8-13,15H2,1-3H3,(H,23,24). The molecule has 1 heterocycles. The molecule has 1 saturated carbocycles. The molecule has 2 N–H and O–H groups in total. The van der Waals surface area contributed by atoms with Gasteiger partial charge in [0.15, 0.2) is 14.6 Å². The number of aryl methyl sites for hydroxylation is 2. The second-order valence-electron chi connectivity index (χ2n) is 8.72. The largest absolute Gasteiger partial charge is 0.354 e. The Morgan fingerprint density at radius 1 is 1.11 bits per heavy atom. The number of benzene rings is 1. The molecule has 1 saturated heterocycles. The Morgan fingerprint density at radius 3 is 2.37 bits per heavy atom. The first-order valence-electron chi connectivity index (χ1n) is 10.0. The molecule has 0 unspecified atom stereocenters. The number of hydrogen-bond donors (Lipinski definition) is 2. The van der Waals surface area contributed by atoms with Crippen molar-refractivity contribution in [1.82, 2.24) is 10.6 Å². The van der Waals surface area contributed by atoms with E-state index in [2.05, 4.69) is 17.6 Å². The van der Waals surface area contributed by atoms with Gasteiger partial charge in [-0.1, -0.05) is 31.9 Å². The van der Waals surface area contributed by atoms with Gasteiger partial charge in [-0.2, -0.15) is 0 Å². The van der Waals surface area contributed by atoms with E-state index in [-0.39, 0.29) is 11.3 Å². The molecule has 27 heavy (non-hydrogen) atoms. The lowest BCUT2D eigenvalue weighted by Gasteiger charge is -2.36. The first-order chi connectivity index (χ1) is 12.7. The highest BCUT2D eigenvalue weighted by Crippen LogP contribution is 2.42. The third kappa shape index (κ3) is 3.79. The highest BCUT2D eigenvalue weighted by Gasteiger charge is 2.53. The normalized spacial score (nSPS) is 21.7. The number of piperidine rings is 1. The summed E-state index contributed by atoms with van der Waals surface area (Å²) in [5, 5.41) is 6.38. The average Bonchev–Trinajstić information content (AvgIpc) is 3.14. The SMILES string of the molecule is Cc1ccc(C)c(S(=O)(=O)C2(C(=O)NCC3(C)CCNCC3)CCCC2)c1. The van der Waals surface area contributed by atoms with E-state index in [1.165, 1.54) is 0 Å². The summed E-state index contributed by atoms with van der Waals surface area (Å²) in [6.45, 7) is 8.30. The maximum atomic E-state index is 13.6. The van der Waals surface area contributed by atoms with Crippen LogP contribution >= 0.6 is 0 Å². The summed E-state index contributed by atoms with van der Waals surface area (Å²) >= 11 is 0. The van der Waals surface area contributed by atoms with Gasteiger partial charge in [0.25, 0.3) is 0 Å². The number of rotatable bonds is 5. The Morgan fingerprint density at radius 2 is 1.74 bits per heavy atom. The van der Waals surface area contributed by atoms with E-state index in [1.807, 2.05) is 26.0 Å². The van der Waals surface area contributed by atoms with Crippen LogP contribution in [0.15, 0.2) is 23.1 Å². The summed E-state index contributed by atoms with van der Waals surface area (Å²) in [5.74, 6) is -0.305. The molecule has 1 aliphatic heterocycles. The number of nitrogens with one attached hydrogen (secondary N) is 2. The van der Waals surface area contributed by atoms with Gasteiger partial charge in [0.1, 0.15) is 0 Å². The lowest BCUT2D eigenvalue weighted by molar-refractivity contribution is -0.124. The van der Waals surface area contributed by atoms with Crippen molar-refractivity contribution in [2.75, 3.05) is 19.6 Å². The van der Waals surface area contributed by atoms with Crippen LogP contribution in [0.3, 0.4) is 0 Å². The molecule has 2 aliphatic rings. The van der Waals surface area contributed by atoms with Gasteiger partial charge >= 0.3 is 0 Å². The molecule has 150 valence electrons. The van der Waals surface area contributed by atoms with Crippen LogP contribution < -0.4 is 10.6 Å². The molecule has 0 radical (unpaired) electrons. The monoisotopic (exact) mass is 392 g/mol. The Bertz CT molecular complexity index is 805.